The molecule has 2 rings (SSSR count). The van der Waals surface area contributed by atoms with Crippen LogP contribution in [0.4, 0.5) is 5.82 Å². The van der Waals surface area contributed by atoms with E-state index in [4.69, 9.17) is 0 Å². The highest BCUT2D eigenvalue weighted by atomic mass is 15.2. The largest absolute Gasteiger partial charge is 0.368 e. The summed E-state index contributed by atoms with van der Waals surface area (Å²) in [5.41, 5.74) is 2.78. The molecule has 1 aromatic rings. The number of aromatic nitrogens is 2. The third-order valence-corrected chi connectivity index (χ3v) is 3.53. The van der Waals surface area contributed by atoms with Crippen molar-refractivity contribution >= 4 is 5.82 Å². The van der Waals surface area contributed by atoms with Crippen LogP contribution in [-0.2, 0) is 0 Å². The molecule has 2 N–H and O–H groups in total. The molecule has 16 heavy (non-hydrogen) atoms. The minimum atomic E-state index is 0.633. The molecule has 90 valence electrons. The van der Waals surface area contributed by atoms with Crippen molar-refractivity contribution in [3.63, 3.8) is 0 Å². The fourth-order valence-electron chi connectivity index (χ4n) is 2.46. The standard InChI is InChI=1S/C13H23N3/c1-8(2)7-14-13-11-9(3)5-6-10(4)12(11)15-16-13/h8-10H,5-7H2,1-4H3,(H2,14,15,16). The average molecular weight is 221 g/mol. The highest BCUT2D eigenvalue weighted by Crippen LogP contribution is 2.40. The summed E-state index contributed by atoms with van der Waals surface area (Å²) in [6.07, 6.45) is 2.56. The molecule has 0 saturated carbocycles. The zero-order valence-electron chi connectivity index (χ0n) is 10.8. The highest BCUT2D eigenvalue weighted by molar-refractivity contribution is 5.50. The van der Waals surface area contributed by atoms with E-state index >= 15 is 0 Å². The van der Waals surface area contributed by atoms with Gasteiger partial charge in [-0.25, -0.2) is 0 Å². The van der Waals surface area contributed by atoms with Crippen LogP contribution in [0.1, 0.15) is 63.6 Å². The van der Waals surface area contributed by atoms with Crippen LogP contribution in [-0.4, -0.2) is 16.7 Å². The van der Waals surface area contributed by atoms with Gasteiger partial charge in [0.1, 0.15) is 0 Å². The first-order chi connectivity index (χ1) is 7.59. The van der Waals surface area contributed by atoms with Crippen molar-refractivity contribution in [1.82, 2.24) is 10.2 Å². The molecule has 0 saturated heterocycles. The molecule has 1 aromatic heterocycles. The minimum absolute atomic E-state index is 0.633. The van der Waals surface area contributed by atoms with Gasteiger partial charge in [0, 0.05) is 17.8 Å². The number of hydrogen-bond donors (Lipinski definition) is 2. The van der Waals surface area contributed by atoms with Crippen LogP contribution in [0, 0.1) is 5.92 Å². The van der Waals surface area contributed by atoms with Gasteiger partial charge in [-0.1, -0.05) is 27.7 Å². The van der Waals surface area contributed by atoms with Crippen LogP contribution in [0.5, 0.6) is 0 Å². The third-order valence-electron chi connectivity index (χ3n) is 3.53. The molecule has 1 aliphatic rings. The van der Waals surface area contributed by atoms with Crippen LogP contribution in [0.3, 0.4) is 0 Å². The first-order valence-corrected chi connectivity index (χ1v) is 6.41. The Balaban J connectivity index is 2.21. The van der Waals surface area contributed by atoms with Crippen molar-refractivity contribution in [3.8, 4) is 0 Å². The molecule has 2 unspecified atom stereocenters. The molecular weight excluding hydrogens is 198 g/mol. The second-order valence-electron chi connectivity index (χ2n) is 5.55. The number of hydrogen-bond acceptors (Lipinski definition) is 2. The van der Waals surface area contributed by atoms with Crippen molar-refractivity contribution in [3.05, 3.63) is 11.3 Å². The van der Waals surface area contributed by atoms with Crippen LogP contribution >= 0.6 is 0 Å². The van der Waals surface area contributed by atoms with Gasteiger partial charge in [-0.15, -0.1) is 0 Å². The van der Waals surface area contributed by atoms with Crippen molar-refractivity contribution < 1.29 is 0 Å². The summed E-state index contributed by atoms with van der Waals surface area (Å²) in [5, 5.41) is 11.1. The highest BCUT2D eigenvalue weighted by Gasteiger charge is 2.27. The summed E-state index contributed by atoms with van der Waals surface area (Å²) in [4.78, 5) is 0. The van der Waals surface area contributed by atoms with Gasteiger partial charge in [-0.05, 0) is 30.6 Å². The molecule has 0 bridgehead atoms. The normalized spacial score (nSPS) is 24.6. The molecular formula is C13H23N3. The Morgan fingerprint density at radius 3 is 2.69 bits per heavy atom. The lowest BCUT2D eigenvalue weighted by Gasteiger charge is -2.24. The summed E-state index contributed by atoms with van der Waals surface area (Å²) in [5.74, 6) is 3.01. The molecule has 1 aliphatic carbocycles. The Morgan fingerprint density at radius 2 is 2.00 bits per heavy atom. The summed E-state index contributed by atoms with van der Waals surface area (Å²) in [7, 11) is 0. The summed E-state index contributed by atoms with van der Waals surface area (Å²) < 4.78 is 0. The van der Waals surface area contributed by atoms with Gasteiger partial charge < -0.3 is 5.32 Å². The van der Waals surface area contributed by atoms with Crippen molar-refractivity contribution in [2.75, 3.05) is 11.9 Å². The lowest BCUT2D eigenvalue weighted by Crippen LogP contribution is -2.13. The van der Waals surface area contributed by atoms with Gasteiger partial charge in [-0.3, -0.25) is 5.10 Å². The number of fused-ring (bicyclic) bond motifs is 1. The first kappa shape index (κ1) is 11.5. The number of H-pyrrole nitrogens is 1. The van der Waals surface area contributed by atoms with Crippen molar-refractivity contribution in [2.24, 2.45) is 5.92 Å². The topological polar surface area (TPSA) is 40.7 Å². The summed E-state index contributed by atoms with van der Waals surface area (Å²) >= 11 is 0. The van der Waals surface area contributed by atoms with E-state index in [1.54, 1.807) is 0 Å². The zero-order chi connectivity index (χ0) is 11.7. The maximum atomic E-state index is 4.43. The minimum Gasteiger partial charge on any atom is -0.368 e. The lowest BCUT2D eigenvalue weighted by molar-refractivity contribution is 0.520. The molecule has 3 heteroatoms. The Kier molecular flexibility index (Phi) is 3.22. The fourth-order valence-corrected chi connectivity index (χ4v) is 2.46. The van der Waals surface area contributed by atoms with Crippen molar-refractivity contribution in [2.45, 2.75) is 52.4 Å². The van der Waals surface area contributed by atoms with Gasteiger partial charge >= 0.3 is 0 Å². The van der Waals surface area contributed by atoms with Gasteiger partial charge in [0.15, 0.2) is 5.82 Å². The number of anilines is 1. The van der Waals surface area contributed by atoms with Gasteiger partial charge in [0.05, 0.1) is 0 Å². The van der Waals surface area contributed by atoms with E-state index < -0.39 is 0 Å². The number of nitrogens with zero attached hydrogens (tertiary/aromatic N) is 1. The Hall–Kier alpha value is -0.990. The van der Waals surface area contributed by atoms with E-state index in [0.717, 1.165) is 12.4 Å². The summed E-state index contributed by atoms with van der Waals surface area (Å²) in [6.45, 7) is 10.0. The zero-order valence-corrected chi connectivity index (χ0v) is 10.8. The Bertz CT molecular complexity index is 354. The van der Waals surface area contributed by atoms with E-state index in [2.05, 4.69) is 43.2 Å². The Morgan fingerprint density at radius 1 is 1.31 bits per heavy atom. The van der Waals surface area contributed by atoms with E-state index in [9.17, 15) is 0 Å². The predicted octanol–water partition coefficient (Wildman–Crippen LogP) is 3.48. The fraction of sp³-hybridized carbons (Fsp3) is 0.769. The average Bonchev–Trinajstić information content (AvgIpc) is 2.65. The van der Waals surface area contributed by atoms with Gasteiger partial charge in [0.25, 0.3) is 0 Å². The smallest absolute Gasteiger partial charge is 0.151 e. The molecule has 0 radical (unpaired) electrons. The molecule has 0 aliphatic heterocycles. The van der Waals surface area contributed by atoms with Crippen LogP contribution < -0.4 is 5.32 Å². The van der Waals surface area contributed by atoms with E-state index in [0.29, 0.717) is 17.8 Å². The molecule has 0 spiro atoms. The van der Waals surface area contributed by atoms with Crippen molar-refractivity contribution in [1.29, 1.82) is 0 Å². The summed E-state index contributed by atoms with van der Waals surface area (Å²) in [6, 6.07) is 0. The Labute approximate surface area is 98.0 Å². The lowest BCUT2D eigenvalue weighted by atomic mass is 9.82. The monoisotopic (exact) mass is 221 g/mol. The van der Waals surface area contributed by atoms with Crippen LogP contribution in [0.2, 0.25) is 0 Å². The molecule has 0 amide bonds. The van der Waals surface area contributed by atoms with Crippen LogP contribution in [0.25, 0.3) is 0 Å². The van der Waals surface area contributed by atoms with Crippen LogP contribution in [0.15, 0.2) is 0 Å². The SMILES string of the molecule is CC(C)CNc1n[nH]c2c1C(C)CCC2C. The number of rotatable bonds is 3. The predicted molar refractivity (Wildman–Crippen MR) is 68.0 cm³/mol. The van der Waals surface area contributed by atoms with E-state index in [1.807, 2.05) is 0 Å². The second-order valence-corrected chi connectivity index (χ2v) is 5.55. The number of aromatic amines is 1. The van der Waals surface area contributed by atoms with Gasteiger partial charge in [-0.2, -0.15) is 5.10 Å². The molecule has 1 heterocycles. The maximum Gasteiger partial charge on any atom is 0.151 e. The molecule has 2 atom stereocenters. The van der Waals surface area contributed by atoms with Gasteiger partial charge in [0.2, 0.25) is 0 Å². The van der Waals surface area contributed by atoms with E-state index in [-0.39, 0.29) is 0 Å². The van der Waals surface area contributed by atoms with E-state index in [1.165, 1.54) is 24.1 Å². The molecule has 3 nitrogen and oxygen atoms in total. The number of nitrogens with one attached hydrogen (secondary N) is 2. The molecule has 0 fully saturated rings. The maximum absolute atomic E-state index is 4.43. The molecule has 0 aromatic carbocycles. The second kappa shape index (κ2) is 4.48. The quantitative estimate of drug-likeness (QED) is 0.820. The third kappa shape index (κ3) is 2.08. The first-order valence-electron chi connectivity index (χ1n) is 6.41.